The Labute approximate surface area is 106 Å². The summed E-state index contributed by atoms with van der Waals surface area (Å²) in [6.45, 7) is 8.31. The van der Waals surface area contributed by atoms with Crippen molar-refractivity contribution in [2.45, 2.75) is 52.9 Å². The van der Waals surface area contributed by atoms with Crippen molar-refractivity contribution < 1.29 is 14.6 Å². The number of hydrogen-bond acceptors (Lipinski definition) is 5. The van der Waals surface area contributed by atoms with Gasteiger partial charge in [-0.3, -0.25) is 4.79 Å². The van der Waals surface area contributed by atoms with E-state index in [1.165, 1.54) is 0 Å². The van der Waals surface area contributed by atoms with Crippen molar-refractivity contribution >= 4 is 5.97 Å². The molecule has 1 heterocycles. The van der Waals surface area contributed by atoms with Gasteiger partial charge in [0, 0.05) is 6.54 Å². The Balaban J connectivity index is 2.52. The van der Waals surface area contributed by atoms with Gasteiger partial charge in [-0.2, -0.15) is 0 Å². The van der Waals surface area contributed by atoms with Crippen molar-refractivity contribution in [3.63, 3.8) is 0 Å². The largest absolute Gasteiger partial charge is 0.481 e. The molecular formula is C11H20N4O3. The number of aryl methyl sites for hydroxylation is 1. The number of tetrazole rings is 1. The van der Waals surface area contributed by atoms with Crippen molar-refractivity contribution in [1.82, 2.24) is 20.2 Å². The van der Waals surface area contributed by atoms with Crippen LogP contribution in [-0.2, 0) is 22.7 Å². The average molecular weight is 256 g/mol. The summed E-state index contributed by atoms with van der Waals surface area (Å²) in [5, 5.41) is 20.1. The van der Waals surface area contributed by atoms with Gasteiger partial charge in [0.05, 0.1) is 11.5 Å². The van der Waals surface area contributed by atoms with Crippen LogP contribution in [0.5, 0.6) is 0 Å². The van der Waals surface area contributed by atoms with Crippen LogP contribution in [0.2, 0.25) is 0 Å². The minimum atomic E-state index is -0.810. The molecule has 7 heteroatoms. The van der Waals surface area contributed by atoms with Crippen LogP contribution in [0.1, 0.15) is 39.9 Å². The summed E-state index contributed by atoms with van der Waals surface area (Å²) in [6.07, 6.45) is 0.489. The summed E-state index contributed by atoms with van der Waals surface area (Å²) < 4.78 is 7.18. The Morgan fingerprint density at radius 1 is 1.50 bits per heavy atom. The third kappa shape index (κ3) is 4.79. The average Bonchev–Trinajstić information content (AvgIpc) is 2.69. The molecule has 1 atom stereocenters. The third-order valence-corrected chi connectivity index (χ3v) is 2.44. The molecule has 7 nitrogen and oxygen atoms in total. The van der Waals surface area contributed by atoms with Gasteiger partial charge in [-0.1, -0.05) is 6.92 Å². The lowest BCUT2D eigenvalue weighted by molar-refractivity contribution is -0.141. The van der Waals surface area contributed by atoms with E-state index < -0.39 is 11.9 Å². The predicted octanol–water partition coefficient (Wildman–Crippen LogP) is 1.10. The van der Waals surface area contributed by atoms with Gasteiger partial charge < -0.3 is 9.84 Å². The molecule has 1 aromatic rings. The molecule has 1 N–H and O–H groups in total. The lowest BCUT2D eigenvalue weighted by Crippen LogP contribution is -2.21. The predicted molar refractivity (Wildman–Crippen MR) is 63.8 cm³/mol. The topological polar surface area (TPSA) is 90.1 Å². The first kappa shape index (κ1) is 14.6. The molecule has 0 radical (unpaired) electrons. The molecule has 1 aromatic heterocycles. The first-order valence-electron chi connectivity index (χ1n) is 5.91. The molecule has 0 aliphatic rings. The van der Waals surface area contributed by atoms with Gasteiger partial charge >= 0.3 is 5.97 Å². The van der Waals surface area contributed by atoms with E-state index in [0.717, 1.165) is 0 Å². The highest BCUT2D eigenvalue weighted by Crippen LogP contribution is 2.11. The van der Waals surface area contributed by atoms with E-state index in [4.69, 9.17) is 9.84 Å². The van der Waals surface area contributed by atoms with Crippen molar-refractivity contribution in [1.29, 1.82) is 0 Å². The fourth-order valence-corrected chi connectivity index (χ4v) is 1.22. The monoisotopic (exact) mass is 256 g/mol. The lowest BCUT2D eigenvalue weighted by Gasteiger charge is -2.18. The van der Waals surface area contributed by atoms with Crippen molar-refractivity contribution in [2.75, 3.05) is 0 Å². The zero-order chi connectivity index (χ0) is 13.8. The van der Waals surface area contributed by atoms with Crippen molar-refractivity contribution in [2.24, 2.45) is 5.92 Å². The number of rotatable bonds is 6. The number of carboxylic acid groups (broad SMARTS) is 1. The molecule has 0 aliphatic heterocycles. The van der Waals surface area contributed by atoms with Gasteiger partial charge in [-0.15, -0.1) is 5.10 Å². The first-order chi connectivity index (χ1) is 8.29. The van der Waals surface area contributed by atoms with E-state index in [9.17, 15) is 4.79 Å². The second kappa shape index (κ2) is 5.90. The molecule has 1 rings (SSSR count). The van der Waals surface area contributed by atoms with Gasteiger partial charge in [-0.25, -0.2) is 4.68 Å². The van der Waals surface area contributed by atoms with Gasteiger partial charge in [0.2, 0.25) is 0 Å². The summed E-state index contributed by atoms with van der Waals surface area (Å²) in [5.74, 6) is -0.608. The molecule has 0 saturated heterocycles. The molecule has 0 bridgehead atoms. The van der Waals surface area contributed by atoms with Crippen LogP contribution >= 0.6 is 0 Å². The minimum absolute atomic E-state index is 0.259. The number of aliphatic carboxylic acids is 1. The van der Waals surface area contributed by atoms with Crippen LogP contribution < -0.4 is 0 Å². The quantitative estimate of drug-likeness (QED) is 0.819. The smallest absolute Gasteiger partial charge is 0.306 e. The van der Waals surface area contributed by atoms with E-state index in [1.54, 1.807) is 11.6 Å². The van der Waals surface area contributed by atoms with Gasteiger partial charge in [-0.05, 0) is 37.6 Å². The summed E-state index contributed by atoms with van der Waals surface area (Å²) in [7, 11) is 0. The Hall–Kier alpha value is -1.50. The van der Waals surface area contributed by atoms with Crippen LogP contribution in [0, 0.1) is 5.92 Å². The minimum Gasteiger partial charge on any atom is -0.481 e. The van der Waals surface area contributed by atoms with Crippen LogP contribution in [0.3, 0.4) is 0 Å². The molecule has 1 unspecified atom stereocenters. The summed E-state index contributed by atoms with van der Waals surface area (Å²) in [5.41, 5.74) is -0.259. The van der Waals surface area contributed by atoms with Gasteiger partial charge in [0.25, 0.3) is 0 Å². The molecule has 0 aromatic carbocycles. The number of aromatic nitrogens is 4. The molecular weight excluding hydrogens is 236 g/mol. The Morgan fingerprint density at radius 3 is 2.72 bits per heavy atom. The first-order valence-corrected chi connectivity index (χ1v) is 5.91. The second-order valence-corrected chi connectivity index (χ2v) is 5.25. The standard InChI is InChI=1S/C11H20N4O3/c1-8(10(16)17)5-6-15-9(12-13-14-15)7-18-11(2,3)4/h8H,5-7H2,1-4H3,(H,16,17). The molecule has 102 valence electrons. The van der Waals surface area contributed by atoms with Gasteiger partial charge in [0.15, 0.2) is 5.82 Å². The maximum absolute atomic E-state index is 10.7. The van der Waals surface area contributed by atoms with Gasteiger partial charge in [0.1, 0.15) is 6.61 Å². The number of carbonyl (C=O) groups is 1. The fraction of sp³-hybridized carbons (Fsp3) is 0.818. The van der Waals surface area contributed by atoms with E-state index in [0.29, 0.717) is 25.4 Å². The Bertz CT molecular complexity index is 397. The van der Waals surface area contributed by atoms with E-state index >= 15 is 0 Å². The van der Waals surface area contributed by atoms with Crippen LogP contribution in [0.4, 0.5) is 0 Å². The number of carboxylic acids is 1. The molecule has 18 heavy (non-hydrogen) atoms. The summed E-state index contributed by atoms with van der Waals surface area (Å²) in [6, 6.07) is 0. The molecule has 0 aliphatic carbocycles. The van der Waals surface area contributed by atoms with E-state index in [2.05, 4.69) is 15.5 Å². The van der Waals surface area contributed by atoms with Crippen LogP contribution in [-0.4, -0.2) is 36.9 Å². The SMILES string of the molecule is CC(CCn1nnnc1COC(C)(C)C)C(=O)O. The molecule has 0 amide bonds. The fourth-order valence-electron chi connectivity index (χ4n) is 1.22. The maximum atomic E-state index is 10.7. The highest BCUT2D eigenvalue weighted by Gasteiger charge is 2.16. The summed E-state index contributed by atoms with van der Waals surface area (Å²) >= 11 is 0. The molecule has 0 saturated carbocycles. The van der Waals surface area contributed by atoms with Crippen LogP contribution in [0.25, 0.3) is 0 Å². The van der Waals surface area contributed by atoms with E-state index in [-0.39, 0.29) is 5.60 Å². The third-order valence-electron chi connectivity index (χ3n) is 2.44. The summed E-state index contributed by atoms with van der Waals surface area (Å²) in [4.78, 5) is 10.7. The van der Waals surface area contributed by atoms with Crippen molar-refractivity contribution in [3.8, 4) is 0 Å². The van der Waals surface area contributed by atoms with Crippen LogP contribution in [0.15, 0.2) is 0 Å². The maximum Gasteiger partial charge on any atom is 0.306 e. The molecule has 0 fully saturated rings. The Kier molecular flexibility index (Phi) is 4.77. The number of ether oxygens (including phenoxy) is 1. The zero-order valence-electron chi connectivity index (χ0n) is 11.3. The number of hydrogen-bond donors (Lipinski definition) is 1. The Morgan fingerprint density at radius 2 is 2.17 bits per heavy atom. The number of nitrogens with zero attached hydrogens (tertiary/aromatic N) is 4. The zero-order valence-corrected chi connectivity index (χ0v) is 11.3. The van der Waals surface area contributed by atoms with E-state index in [1.807, 2.05) is 20.8 Å². The highest BCUT2D eigenvalue weighted by molar-refractivity contribution is 5.69. The lowest BCUT2D eigenvalue weighted by atomic mass is 10.1. The normalized spacial score (nSPS) is 13.6. The molecule has 0 spiro atoms. The second-order valence-electron chi connectivity index (χ2n) is 5.25. The van der Waals surface area contributed by atoms with Crippen molar-refractivity contribution in [3.05, 3.63) is 5.82 Å². The highest BCUT2D eigenvalue weighted by atomic mass is 16.5.